The standard InChI is InChI=1S/C37H44BrN5O4S/c1-8-19-48-36-41-35-39-23(4)31(34(44)40-28-13-11-12-14-29(28)45-9-2)32(43(35)42-36)25-20-27(38)33(30(21-25)46-10-3)47-22-24-15-17-26(18-16-24)37(5,6)7/h11-18,20-21,32H,8-10,19,22H2,1-7H3,(H,40,44)(H,39,41,42). The second-order valence-corrected chi connectivity index (χ2v) is 14.4. The van der Waals surface area contributed by atoms with Crippen molar-refractivity contribution < 1.29 is 19.0 Å². The second-order valence-electron chi connectivity index (χ2n) is 12.5. The number of hydrogen-bond acceptors (Lipinski definition) is 8. The summed E-state index contributed by atoms with van der Waals surface area (Å²) in [5.74, 6) is 2.91. The van der Waals surface area contributed by atoms with E-state index in [1.807, 2.05) is 57.2 Å². The predicted molar refractivity (Wildman–Crippen MR) is 197 cm³/mol. The molecule has 1 aliphatic rings. The summed E-state index contributed by atoms with van der Waals surface area (Å²) in [7, 11) is 0. The minimum Gasteiger partial charge on any atom is -0.492 e. The Morgan fingerprint density at radius 3 is 2.40 bits per heavy atom. The van der Waals surface area contributed by atoms with Crippen molar-refractivity contribution in [2.45, 2.75) is 78.1 Å². The number of allylic oxidation sites excluding steroid dienone is 1. The summed E-state index contributed by atoms with van der Waals surface area (Å²) in [6.07, 6.45) is 0.989. The van der Waals surface area contributed by atoms with Gasteiger partial charge in [-0.25, -0.2) is 4.68 Å². The molecule has 5 rings (SSSR count). The van der Waals surface area contributed by atoms with Crippen LogP contribution in [0.5, 0.6) is 17.2 Å². The Bertz CT molecular complexity index is 1780. The van der Waals surface area contributed by atoms with Gasteiger partial charge in [0.1, 0.15) is 18.4 Å². The van der Waals surface area contributed by atoms with Gasteiger partial charge in [-0.1, -0.05) is 75.9 Å². The summed E-state index contributed by atoms with van der Waals surface area (Å²) in [6.45, 7) is 15.7. The maximum absolute atomic E-state index is 14.2. The van der Waals surface area contributed by atoms with Crippen molar-refractivity contribution in [2.75, 3.05) is 29.6 Å². The number of halogens is 1. The number of aromatic nitrogens is 3. The van der Waals surface area contributed by atoms with Gasteiger partial charge in [0.2, 0.25) is 11.1 Å². The number of benzene rings is 3. The van der Waals surface area contributed by atoms with E-state index in [-0.39, 0.29) is 11.3 Å². The summed E-state index contributed by atoms with van der Waals surface area (Å²) in [6, 6.07) is 19.2. The Hall–Kier alpha value is -3.96. The number of para-hydroxylation sites is 2. The first-order chi connectivity index (χ1) is 23.0. The van der Waals surface area contributed by atoms with Crippen LogP contribution in [-0.2, 0) is 16.8 Å². The molecule has 2 N–H and O–H groups in total. The smallest absolute Gasteiger partial charge is 0.255 e. The number of nitrogens with one attached hydrogen (secondary N) is 2. The number of thioether (sulfide) groups is 1. The summed E-state index contributed by atoms with van der Waals surface area (Å²) in [4.78, 5) is 19.0. The summed E-state index contributed by atoms with van der Waals surface area (Å²) < 4.78 is 20.8. The highest BCUT2D eigenvalue weighted by molar-refractivity contribution is 9.10. The highest BCUT2D eigenvalue weighted by atomic mass is 79.9. The molecule has 0 bridgehead atoms. The molecular formula is C37H44BrN5O4S. The lowest BCUT2D eigenvalue weighted by molar-refractivity contribution is -0.113. The van der Waals surface area contributed by atoms with Crippen molar-refractivity contribution in [1.82, 2.24) is 14.8 Å². The van der Waals surface area contributed by atoms with Gasteiger partial charge in [0.25, 0.3) is 5.91 Å². The minimum absolute atomic E-state index is 0.0731. The van der Waals surface area contributed by atoms with Gasteiger partial charge in [-0.15, -0.1) is 5.10 Å². The minimum atomic E-state index is -0.613. The normalized spacial score (nSPS) is 14.3. The first kappa shape index (κ1) is 35.3. The number of carbonyl (C=O) groups is 1. The van der Waals surface area contributed by atoms with Crippen LogP contribution in [0.1, 0.15) is 77.6 Å². The molecule has 254 valence electrons. The molecule has 0 aliphatic carbocycles. The van der Waals surface area contributed by atoms with Crippen LogP contribution in [0.15, 0.2) is 81.6 Å². The lowest BCUT2D eigenvalue weighted by Crippen LogP contribution is -2.31. The van der Waals surface area contributed by atoms with E-state index >= 15 is 0 Å². The quantitative estimate of drug-likeness (QED) is 0.131. The zero-order valence-corrected chi connectivity index (χ0v) is 31.0. The highest BCUT2D eigenvalue weighted by Crippen LogP contribution is 2.44. The molecule has 0 saturated heterocycles. The molecule has 1 atom stereocenters. The van der Waals surface area contributed by atoms with E-state index in [9.17, 15) is 4.79 Å². The number of fused-ring (bicyclic) bond motifs is 1. The van der Waals surface area contributed by atoms with Crippen LogP contribution in [0.3, 0.4) is 0 Å². The van der Waals surface area contributed by atoms with Crippen molar-refractivity contribution >= 4 is 45.2 Å². The molecular weight excluding hydrogens is 690 g/mol. The van der Waals surface area contributed by atoms with E-state index in [1.54, 1.807) is 16.4 Å². The van der Waals surface area contributed by atoms with Crippen LogP contribution < -0.4 is 24.8 Å². The van der Waals surface area contributed by atoms with Crippen LogP contribution in [0.25, 0.3) is 0 Å². The molecule has 0 fully saturated rings. The number of carbonyl (C=O) groups excluding carboxylic acids is 1. The van der Waals surface area contributed by atoms with Gasteiger partial charge < -0.3 is 24.8 Å². The Balaban J connectivity index is 1.53. The van der Waals surface area contributed by atoms with E-state index in [4.69, 9.17) is 24.3 Å². The lowest BCUT2D eigenvalue weighted by atomic mass is 9.87. The molecule has 4 aromatic rings. The molecule has 1 amide bonds. The van der Waals surface area contributed by atoms with Gasteiger partial charge >= 0.3 is 0 Å². The highest BCUT2D eigenvalue weighted by Gasteiger charge is 2.36. The largest absolute Gasteiger partial charge is 0.492 e. The number of amides is 1. The molecule has 2 heterocycles. The zero-order valence-electron chi connectivity index (χ0n) is 28.6. The van der Waals surface area contributed by atoms with Crippen molar-refractivity contribution in [2.24, 2.45) is 0 Å². The fourth-order valence-electron chi connectivity index (χ4n) is 5.43. The van der Waals surface area contributed by atoms with E-state index in [0.29, 0.717) is 69.6 Å². The number of rotatable bonds is 13. The maximum Gasteiger partial charge on any atom is 0.255 e. The molecule has 48 heavy (non-hydrogen) atoms. The van der Waals surface area contributed by atoms with E-state index in [0.717, 1.165) is 23.3 Å². The monoisotopic (exact) mass is 733 g/mol. The Labute approximate surface area is 296 Å². The van der Waals surface area contributed by atoms with Crippen LogP contribution in [0, 0.1) is 0 Å². The number of ether oxygens (including phenoxy) is 3. The molecule has 0 spiro atoms. The molecule has 11 heteroatoms. The molecule has 0 radical (unpaired) electrons. The molecule has 1 aromatic heterocycles. The Kier molecular flexibility index (Phi) is 11.4. The molecule has 1 unspecified atom stereocenters. The van der Waals surface area contributed by atoms with E-state index in [2.05, 4.69) is 78.5 Å². The topological polar surface area (TPSA) is 99.5 Å². The predicted octanol–water partition coefficient (Wildman–Crippen LogP) is 9.14. The first-order valence-corrected chi connectivity index (χ1v) is 18.1. The fourth-order valence-corrected chi connectivity index (χ4v) is 6.69. The Morgan fingerprint density at radius 1 is 1.00 bits per heavy atom. The van der Waals surface area contributed by atoms with Crippen molar-refractivity contribution in [3.63, 3.8) is 0 Å². The van der Waals surface area contributed by atoms with Gasteiger partial charge in [-0.2, -0.15) is 4.98 Å². The van der Waals surface area contributed by atoms with Crippen molar-refractivity contribution in [1.29, 1.82) is 0 Å². The zero-order chi connectivity index (χ0) is 34.4. The number of anilines is 2. The Morgan fingerprint density at radius 2 is 1.71 bits per heavy atom. The SMILES string of the molecule is CCCSc1nc2n(n1)C(c1cc(Br)c(OCc3ccc(C(C)(C)C)cc3)c(OCC)c1)C(C(=O)Nc1ccccc1OCC)=C(C)N2. The lowest BCUT2D eigenvalue weighted by Gasteiger charge is -2.29. The molecule has 3 aromatic carbocycles. The third kappa shape index (κ3) is 8.01. The van der Waals surface area contributed by atoms with Crippen LogP contribution >= 0.6 is 27.7 Å². The summed E-state index contributed by atoms with van der Waals surface area (Å²) >= 11 is 5.36. The molecule has 0 saturated carbocycles. The average Bonchev–Trinajstić information content (AvgIpc) is 3.45. The van der Waals surface area contributed by atoms with Gasteiger partial charge in [-0.05, 0) is 89.5 Å². The molecule has 9 nitrogen and oxygen atoms in total. The van der Waals surface area contributed by atoms with Crippen molar-refractivity contribution in [3.8, 4) is 17.2 Å². The number of nitrogens with zero attached hydrogens (tertiary/aromatic N) is 3. The summed E-state index contributed by atoms with van der Waals surface area (Å²) in [5.41, 5.74) is 4.93. The van der Waals surface area contributed by atoms with Crippen molar-refractivity contribution in [3.05, 3.63) is 93.1 Å². The van der Waals surface area contributed by atoms with Crippen LogP contribution in [0.2, 0.25) is 0 Å². The van der Waals surface area contributed by atoms with Crippen LogP contribution in [0.4, 0.5) is 11.6 Å². The third-order valence-corrected chi connectivity index (χ3v) is 9.43. The van der Waals surface area contributed by atoms with Crippen LogP contribution in [-0.4, -0.2) is 39.6 Å². The van der Waals surface area contributed by atoms with Gasteiger partial charge in [0.15, 0.2) is 11.5 Å². The van der Waals surface area contributed by atoms with Gasteiger partial charge in [0, 0.05) is 11.4 Å². The maximum atomic E-state index is 14.2. The molecule has 1 aliphatic heterocycles. The van der Waals surface area contributed by atoms with E-state index < -0.39 is 6.04 Å². The van der Waals surface area contributed by atoms with Gasteiger partial charge in [-0.3, -0.25) is 4.79 Å². The first-order valence-electron chi connectivity index (χ1n) is 16.3. The van der Waals surface area contributed by atoms with E-state index in [1.165, 1.54) is 5.56 Å². The average molecular weight is 735 g/mol. The second kappa shape index (κ2) is 15.5. The summed E-state index contributed by atoms with van der Waals surface area (Å²) in [5, 5.41) is 11.9. The van der Waals surface area contributed by atoms with Gasteiger partial charge in [0.05, 0.1) is 28.9 Å². The third-order valence-electron chi connectivity index (χ3n) is 7.80. The fraction of sp³-hybridized carbons (Fsp3) is 0.378. The number of hydrogen-bond donors (Lipinski definition) is 2.